The SMILES string of the molecule is Cn1ccnc1-c1[c-]cccc1.[Ir].[Ir].[Ir].[Ir].[c-]1ccc(Oc2cc(-c3ccc(-n4c5ccccc5c5ccccc54)cc3)cc(-c3ccc(-n4c5ccccc5c5ccccc54)cc3)c2)cc1-c1ccccn1.[c-]1ccc(Oc2cc(-c3ccc(-n4c5ccccc5c5ncccc54)cc3)cc(-c3ccc(-n4c5ccccc5c5ncccc54)cc3)c2)cc1-c1ccccn1.[c-]1ccccc1-c1nccn1-c1ccccc1. The van der Waals surface area contributed by atoms with Crippen LogP contribution in [0.15, 0.2) is 505 Å². The van der Waals surface area contributed by atoms with Crippen molar-refractivity contribution in [3.05, 3.63) is 529 Å². The molecule has 0 aliphatic rings. The zero-order valence-electron chi connectivity index (χ0n) is 78.9. The fourth-order valence-corrected chi connectivity index (χ4v) is 19.3. The Morgan fingerprint density at radius 2 is 0.517 bits per heavy atom. The topological polar surface area (TPSA) is 125 Å². The standard InChI is InChI=1S/C53H34N3O.C51H32N5O.C15H11N2.C10H9N2.4Ir/c1-5-19-50-45(14-1)46-15-2-6-20-51(46)55(50)41-27-23-36(24-28-41)39-32-40(35-44(34-39)57-43-13-11-12-38(33-43)49-18-9-10-31-54-49)37-25-29-42(30-26-37)56-52-21-7-3-16-47(52)48-17-4-8-22-53(48)56;1-3-15-46-43(12-1)50-48(17-8-28-53-50)55(46)39-23-19-34(20-24-39)37-30-38(33-42(32-37)57-41-11-7-10-36(31-41)45-14-5-6-27-52-45)35-21-25-40(26-22-35)56-47-16-4-2-13-44(47)51-49(56)18-9-29-54-51;1-3-7-13(8-4-1)15-16-11-12-17(15)14-9-5-2-6-10-14;1-12-8-7-11-10(12)9-5-3-2-4-6-9;;;;/h1-11,13-35H;1-9,11-33H;1-7,9-12H;2-5,7-8H,1H3;;;;/q4*-1;;;;. The molecule has 0 saturated heterocycles. The molecule has 714 valence electrons. The molecule has 27 aromatic rings. The average molecular weight is 2610 g/mol. The van der Waals surface area contributed by atoms with Crippen molar-refractivity contribution in [1.82, 2.24) is 57.3 Å². The molecule has 147 heavy (non-hydrogen) atoms. The van der Waals surface area contributed by atoms with Gasteiger partial charge in [-0.15, -0.1) is 131 Å². The van der Waals surface area contributed by atoms with Gasteiger partial charge in [-0.05, 0) is 226 Å². The maximum Gasteiger partial charge on any atom is 0.126 e. The number of nitrogens with zero attached hydrogens (tertiary/aromatic N) is 12. The molecular formula is C129H86Ir4N12O2-4. The summed E-state index contributed by atoms with van der Waals surface area (Å²) in [7, 11) is 1.98. The van der Waals surface area contributed by atoms with E-state index in [1.165, 1.54) is 43.6 Å². The van der Waals surface area contributed by atoms with E-state index in [4.69, 9.17) is 19.4 Å². The Morgan fingerprint density at radius 1 is 0.204 bits per heavy atom. The van der Waals surface area contributed by atoms with Gasteiger partial charge in [-0.3, -0.25) is 19.9 Å². The number of pyridine rings is 4. The van der Waals surface area contributed by atoms with Crippen LogP contribution >= 0.6 is 0 Å². The molecule has 0 amide bonds. The Kier molecular flexibility index (Phi) is 29.3. The van der Waals surface area contributed by atoms with E-state index in [9.17, 15) is 0 Å². The van der Waals surface area contributed by atoms with Gasteiger partial charge in [0.05, 0.1) is 66.8 Å². The Labute approximate surface area is 903 Å². The van der Waals surface area contributed by atoms with Crippen LogP contribution in [0, 0.1) is 24.3 Å². The van der Waals surface area contributed by atoms with Crippen molar-refractivity contribution in [1.29, 1.82) is 0 Å². The van der Waals surface area contributed by atoms with Crippen LogP contribution in [0.4, 0.5) is 0 Å². The van der Waals surface area contributed by atoms with Gasteiger partial charge in [-0.25, -0.2) is 0 Å². The summed E-state index contributed by atoms with van der Waals surface area (Å²) < 4.78 is 26.6. The Morgan fingerprint density at radius 3 is 0.878 bits per heavy atom. The summed E-state index contributed by atoms with van der Waals surface area (Å²) in [6, 6.07) is 170. The molecule has 10 aromatic heterocycles. The summed E-state index contributed by atoms with van der Waals surface area (Å²) in [5, 5.41) is 7.27. The summed E-state index contributed by atoms with van der Waals surface area (Å²) in [6.45, 7) is 0. The van der Waals surface area contributed by atoms with E-state index in [1.54, 1.807) is 18.6 Å². The number of aromatic nitrogens is 12. The van der Waals surface area contributed by atoms with Crippen molar-refractivity contribution in [3.8, 4) is 141 Å². The van der Waals surface area contributed by atoms with Crippen LogP contribution in [0.1, 0.15) is 0 Å². The summed E-state index contributed by atoms with van der Waals surface area (Å²) in [5.74, 6) is 4.78. The molecule has 0 bridgehead atoms. The number of ether oxygens (including phenoxy) is 2. The zero-order chi connectivity index (χ0) is 95.3. The summed E-state index contributed by atoms with van der Waals surface area (Å²) in [6.07, 6.45) is 14.8. The Balaban J connectivity index is 0.000000137. The van der Waals surface area contributed by atoms with Crippen LogP contribution in [0.25, 0.3) is 206 Å². The van der Waals surface area contributed by atoms with Crippen molar-refractivity contribution >= 4 is 87.5 Å². The third-order valence-corrected chi connectivity index (χ3v) is 26.0. The van der Waals surface area contributed by atoms with Crippen LogP contribution in [0.3, 0.4) is 0 Å². The second-order valence-corrected chi connectivity index (χ2v) is 34.7. The van der Waals surface area contributed by atoms with E-state index in [1.807, 2.05) is 194 Å². The summed E-state index contributed by atoms with van der Waals surface area (Å²) in [4.78, 5) is 27.1. The smallest absolute Gasteiger partial charge is 0.126 e. The van der Waals surface area contributed by atoms with E-state index in [-0.39, 0.29) is 80.4 Å². The fraction of sp³-hybridized carbons (Fsp3) is 0.00775. The predicted molar refractivity (Wildman–Crippen MR) is 580 cm³/mol. The first-order valence-electron chi connectivity index (χ1n) is 47.4. The zero-order valence-corrected chi connectivity index (χ0v) is 88.5. The second-order valence-electron chi connectivity index (χ2n) is 34.7. The Hall–Kier alpha value is -16.8. The van der Waals surface area contributed by atoms with Gasteiger partial charge in [-0.2, -0.15) is 0 Å². The van der Waals surface area contributed by atoms with Gasteiger partial charge in [0, 0.05) is 209 Å². The van der Waals surface area contributed by atoms with Crippen LogP contribution in [-0.2, 0) is 87.5 Å². The van der Waals surface area contributed by atoms with Crippen LogP contribution < -0.4 is 9.47 Å². The summed E-state index contributed by atoms with van der Waals surface area (Å²) >= 11 is 0. The van der Waals surface area contributed by atoms with Crippen LogP contribution in [-0.4, -0.2) is 57.3 Å². The molecular weight excluding hydrogens is 2520 g/mol. The van der Waals surface area contributed by atoms with Crippen molar-refractivity contribution < 1.29 is 89.9 Å². The first-order chi connectivity index (χ1) is 70.8. The molecule has 4 radical (unpaired) electrons. The van der Waals surface area contributed by atoms with Crippen LogP contribution in [0.2, 0.25) is 0 Å². The Bertz CT molecular complexity index is 8220. The number of para-hydroxylation sites is 7. The number of benzene rings is 17. The molecule has 0 spiro atoms. The van der Waals surface area contributed by atoms with Crippen molar-refractivity contribution in [2.24, 2.45) is 7.05 Å². The van der Waals surface area contributed by atoms with Crippen molar-refractivity contribution in [2.45, 2.75) is 0 Å². The average Bonchev–Trinajstić information content (AvgIpc) is 1.61. The number of rotatable bonds is 17. The summed E-state index contributed by atoms with van der Waals surface area (Å²) in [5.41, 5.74) is 30.7. The molecule has 0 unspecified atom stereocenters. The molecule has 14 nitrogen and oxygen atoms in total. The molecule has 17 aromatic carbocycles. The monoisotopic (exact) mass is 2610 g/mol. The minimum Gasteiger partial charge on any atom is -0.477 e. The normalized spacial score (nSPS) is 10.9. The largest absolute Gasteiger partial charge is 0.477 e. The minimum atomic E-state index is 0. The van der Waals surface area contributed by atoms with E-state index in [2.05, 4.69) is 370 Å². The van der Waals surface area contributed by atoms with Gasteiger partial charge >= 0.3 is 0 Å². The molecule has 27 rings (SSSR count). The van der Waals surface area contributed by atoms with Gasteiger partial charge in [0.25, 0.3) is 0 Å². The van der Waals surface area contributed by atoms with Gasteiger partial charge in [0.2, 0.25) is 0 Å². The third kappa shape index (κ3) is 20.0. The van der Waals surface area contributed by atoms with E-state index in [0.29, 0.717) is 5.75 Å². The number of aryl methyl sites for hydroxylation is 1. The predicted octanol–water partition coefficient (Wildman–Crippen LogP) is 31.7. The third-order valence-electron chi connectivity index (χ3n) is 26.0. The van der Waals surface area contributed by atoms with Gasteiger partial charge in [-0.1, -0.05) is 200 Å². The van der Waals surface area contributed by atoms with Crippen LogP contribution in [0.5, 0.6) is 23.0 Å². The van der Waals surface area contributed by atoms with Crippen molar-refractivity contribution in [2.75, 3.05) is 0 Å². The van der Waals surface area contributed by atoms with Crippen molar-refractivity contribution in [3.63, 3.8) is 0 Å². The molecule has 10 heterocycles. The van der Waals surface area contributed by atoms with E-state index in [0.717, 1.165) is 179 Å². The quantitative estimate of drug-likeness (QED) is 0.0825. The molecule has 18 heteroatoms. The maximum absolute atomic E-state index is 6.67. The van der Waals surface area contributed by atoms with Gasteiger partial charge < -0.3 is 46.8 Å². The number of imidazole rings is 2. The molecule has 0 N–H and O–H groups in total. The van der Waals surface area contributed by atoms with Gasteiger partial charge in [0.15, 0.2) is 0 Å². The number of hydrogen-bond acceptors (Lipinski definition) is 8. The molecule has 0 aliphatic heterocycles. The molecule has 0 saturated carbocycles. The fourth-order valence-electron chi connectivity index (χ4n) is 19.3. The first kappa shape index (κ1) is 97.6. The second kappa shape index (κ2) is 44.2. The van der Waals surface area contributed by atoms with E-state index < -0.39 is 0 Å². The first-order valence-corrected chi connectivity index (χ1v) is 47.4. The molecule has 0 aliphatic carbocycles. The molecule has 0 atom stereocenters. The molecule has 0 fully saturated rings. The number of hydrogen-bond donors (Lipinski definition) is 0. The maximum atomic E-state index is 6.67. The van der Waals surface area contributed by atoms with Gasteiger partial charge in [0.1, 0.15) is 11.5 Å². The minimum absolute atomic E-state index is 0. The van der Waals surface area contributed by atoms with E-state index >= 15 is 0 Å². The number of fused-ring (bicyclic) bond motifs is 12.